The molecule has 1 aliphatic heterocycles. The average molecular weight is 333 g/mol. The van der Waals surface area contributed by atoms with Crippen molar-refractivity contribution in [1.82, 2.24) is 10.2 Å². The molecule has 0 amide bonds. The van der Waals surface area contributed by atoms with Gasteiger partial charge in [0, 0.05) is 42.2 Å². The van der Waals surface area contributed by atoms with Gasteiger partial charge in [-0.05, 0) is 18.4 Å². The van der Waals surface area contributed by atoms with Crippen LogP contribution in [0.2, 0.25) is 0 Å². The van der Waals surface area contributed by atoms with Crippen molar-refractivity contribution >= 4 is 17.0 Å². The van der Waals surface area contributed by atoms with E-state index in [1.165, 1.54) is 0 Å². The predicted octanol–water partition coefficient (Wildman–Crippen LogP) is 2.66. The quantitative estimate of drug-likeness (QED) is 0.664. The summed E-state index contributed by atoms with van der Waals surface area (Å²) >= 11 is 1.60. The Balaban J connectivity index is 2.10. The van der Waals surface area contributed by atoms with Crippen LogP contribution in [0.4, 0.5) is 5.69 Å². The highest BCUT2D eigenvalue weighted by Gasteiger charge is 2.31. The zero-order chi connectivity index (χ0) is 16.4. The van der Waals surface area contributed by atoms with Crippen LogP contribution in [-0.2, 0) is 0 Å². The molecule has 6 nitrogen and oxygen atoms in total. The summed E-state index contributed by atoms with van der Waals surface area (Å²) < 4.78 is 0. The monoisotopic (exact) mass is 333 g/mol. The number of nitro groups is 1. The number of nitrogens with zero attached hydrogens (tertiary/aromatic N) is 2. The van der Waals surface area contributed by atoms with Gasteiger partial charge in [-0.25, -0.2) is 0 Å². The van der Waals surface area contributed by atoms with E-state index in [2.05, 4.69) is 10.2 Å². The minimum absolute atomic E-state index is 0.156. The van der Waals surface area contributed by atoms with Crippen LogP contribution >= 0.6 is 11.3 Å². The highest BCUT2D eigenvalue weighted by atomic mass is 32.1. The number of hydrogen-bond acceptors (Lipinski definition) is 6. The van der Waals surface area contributed by atoms with Crippen LogP contribution in [0, 0.1) is 17.0 Å². The van der Waals surface area contributed by atoms with E-state index >= 15 is 0 Å². The van der Waals surface area contributed by atoms with E-state index in [0.717, 1.165) is 31.1 Å². The number of aryl methyl sites for hydroxylation is 1. The molecule has 2 N–H and O–H groups in total. The van der Waals surface area contributed by atoms with Gasteiger partial charge in [-0.1, -0.05) is 18.2 Å². The summed E-state index contributed by atoms with van der Waals surface area (Å²) in [6, 6.07) is 7.36. The number of nitro benzene ring substituents is 1. The van der Waals surface area contributed by atoms with Gasteiger partial charge in [0.25, 0.3) is 0 Å². The first-order valence-corrected chi connectivity index (χ1v) is 8.42. The molecule has 0 saturated carbocycles. The third-order valence-electron chi connectivity index (χ3n) is 4.19. The van der Waals surface area contributed by atoms with Gasteiger partial charge in [-0.3, -0.25) is 15.0 Å². The highest BCUT2D eigenvalue weighted by Crippen LogP contribution is 2.42. The van der Waals surface area contributed by atoms with Gasteiger partial charge in [-0.2, -0.15) is 0 Å². The molecule has 1 aromatic heterocycles. The Morgan fingerprint density at radius 3 is 2.70 bits per heavy atom. The number of thiophene rings is 1. The first-order valence-electron chi connectivity index (χ1n) is 7.54. The van der Waals surface area contributed by atoms with Gasteiger partial charge in [0.1, 0.15) is 0 Å². The molecule has 2 aromatic rings. The second-order valence-electron chi connectivity index (χ2n) is 5.63. The summed E-state index contributed by atoms with van der Waals surface area (Å²) in [6.45, 7) is 5.06. The van der Waals surface area contributed by atoms with E-state index < -0.39 is 4.92 Å². The fourth-order valence-electron chi connectivity index (χ4n) is 3.06. The molecule has 1 fully saturated rings. The molecule has 1 aromatic carbocycles. The van der Waals surface area contributed by atoms with Gasteiger partial charge >= 0.3 is 5.69 Å². The van der Waals surface area contributed by atoms with Gasteiger partial charge in [-0.15, -0.1) is 11.3 Å². The lowest BCUT2D eigenvalue weighted by atomic mass is 9.98. The van der Waals surface area contributed by atoms with Gasteiger partial charge in [0.15, 0.2) is 5.75 Å². The second kappa shape index (κ2) is 6.66. The summed E-state index contributed by atoms with van der Waals surface area (Å²) in [4.78, 5) is 14.1. The fraction of sp³-hybridized carbons (Fsp3) is 0.375. The predicted molar refractivity (Wildman–Crippen MR) is 90.1 cm³/mol. The third kappa shape index (κ3) is 3.08. The molecular formula is C16H19N3O3S. The van der Waals surface area contributed by atoms with Crippen LogP contribution in [-0.4, -0.2) is 41.1 Å². The van der Waals surface area contributed by atoms with Crippen LogP contribution in [0.15, 0.2) is 29.6 Å². The lowest BCUT2D eigenvalue weighted by molar-refractivity contribution is -0.386. The molecule has 0 spiro atoms. The fourth-order valence-corrected chi connectivity index (χ4v) is 3.94. The minimum Gasteiger partial charge on any atom is -0.502 e. The Bertz CT molecular complexity index is 697. The lowest BCUT2D eigenvalue weighted by Crippen LogP contribution is -2.45. The molecule has 0 unspecified atom stereocenters. The standard InChI is InChI=1S/C16H19N3O3S/c1-11-4-5-12(16(20)14(11)19(21)22)15(13-3-2-10-23-13)18-8-6-17-7-9-18/h2-5,10,15,17,20H,6-9H2,1H3/t15-/m1/s1. The Hall–Kier alpha value is -1.96. The maximum Gasteiger partial charge on any atom is 0.313 e. The normalized spacial score (nSPS) is 17.1. The number of phenolic OH excluding ortho intramolecular Hbond substituents is 1. The largest absolute Gasteiger partial charge is 0.502 e. The van der Waals surface area contributed by atoms with Crippen LogP contribution in [0.25, 0.3) is 0 Å². The van der Waals surface area contributed by atoms with Crippen molar-refractivity contribution in [2.75, 3.05) is 26.2 Å². The van der Waals surface area contributed by atoms with Crippen molar-refractivity contribution in [2.24, 2.45) is 0 Å². The zero-order valence-electron chi connectivity index (χ0n) is 12.9. The molecule has 1 saturated heterocycles. The third-order valence-corrected chi connectivity index (χ3v) is 5.12. The smallest absolute Gasteiger partial charge is 0.313 e. The molecule has 122 valence electrons. The number of rotatable bonds is 4. The molecule has 3 rings (SSSR count). The summed E-state index contributed by atoms with van der Waals surface area (Å²) in [5.41, 5.74) is 0.882. The molecule has 23 heavy (non-hydrogen) atoms. The minimum atomic E-state index is -0.503. The topological polar surface area (TPSA) is 78.6 Å². The molecule has 1 atom stereocenters. The molecule has 0 aliphatic carbocycles. The van der Waals surface area contributed by atoms with Crippen LogP contribution in [0.5, 0.6) is 5.75 Å². The van der Waals surface area contributed by atoms with Crippen molar-refractivity contribution in [3.05, 3.63) is 55.8 Å². The van der Waals surface area contributed by atoms with Gasteiger partial charge in [0.05, 0.1) is 11.0 Å². The number of phenols is 1. The Kier molecular flexibility index (Phi) is 4.61. The Labute approximate surface area is 138 Å². The molecule has 7 heteroatoms. The van der Waals surface area contributed by atoms with E-state index in [9.17, 15) is 15.2 Å². The number of hydrogen-bond donors (Lipinski definition) is 2. The maximum absolute atomic E-state index is 11.3. The molecule has 0 radical (unpaired) electrons. The maximum atomic E-state index is 11.3. The Morgan fingerprint density at radius 1 is 1.35 bits per heavy atom. The van der Waals surface area contributed by atoms with Crippen molar-refractivity contribution in [1.29, 1.82) is 0 Å². The first kappa shape index (κ1) is 15.9. The van der Waals surface area contributed by atoms with E-state index in [1.807, 2.05) is 23.6 Å². The summed E-state index contributed by atoms with van der Waals surface area (Å²) in [6.07, 6.45) is 0. The number of aromatic hydroxyl groups is 1. The van der Waals surface area contributed by atoms with E-state index in [4.69, 9.17) is 0 Å². The molecule has 1 aliphatic rings. The van der Waals surface area contributed by atoms with E-state index in [-0.39, 0.29) is 17.5 Å². The second-order valence-corrected chi connectivity index (χ2v) is 6.61. The lowest BCUT2D eigenvalue weighted by Gasteiger charge is -2.35. The summed E-state index contributed by atoms with van der Waals surface area (Å²) in [7, 11) is 0. The Morgan fingerprint density at radius 2 is 2.09 bits per heavy atom. The zero-order valence-corrected chi connectivity index (χ0v) is 13.7. The SMILES string of the molecule is Cc1ccc([C@H](c2cccs2)N2CCNCC2)c(O)c1[N+](=O)[O-]. The van der Waals surface area contributed by atoms with Crippen molar-refractivity contribution in [2.45, 2.75) is 13.0 Å². The molecule has 0 bridgehead atoms. The summed E-state index contributed by atoms with van der Waals surface area (Å²) in [5.74, 6) is -0.216. The number of nitrogens with one attached hydrogen (secondary N) is 1. The van der Waals surface area contributed by atoms with Crippen LogP contribution in [0.3, 0.4) is 0 Å². The van der Waals surface area contributed by atoms with E-state index in [0.29, 0.717) is 11.1 Å². The van der Waals surface area contributed by atoms with Crippen LogP contribution < -0.4 is 5.32 Å². The van der Waals surface area contributed by atoms with Gasteiger partial charge < -0.3 is 10.4 Å². The highest BCUT2D eigenvalue weighted by molar-refractivity contribution is 7.10. The molecular weight excluding hydrogens is 314 g/mol. The van der Waals surface area contributed by atoms with Crippen molar-refractivity contribution < 1.29 is 10.0 Å². The van der Waals surface area contributed by atoms with Crippen molar-refractivity contribution in [3.8, 4) is 5.75 Å². The van der Waals surface area contributed by atoms with Crippen molar-refractivity contribution in [3.63, 3.8) is 0 Å². The molecule has 2 heterocycles. The van der Waals surface area contributed by atoms with Gasteiger partial charge in [0.2, 0.25) is 0 Å². The first-order chi connectivity index (χ1) is 11.1. The number of benzene rings is 1. The average Bonchev–Trinajstić information content (AvgIpc) is 3.05. The number of piperazine rings is 1. The van der Waals surface area contributed by atoms with Crippen LogP contribution in [0.1, 0.15) is 22.0 Å². The summed E-state index contributed by atoms with van der Waals surface area (Å²) in [5, 5.41) is 27.2. The van der Waals surface area contributed by atoms with E-state index in [1.54, 1.807) is 24.3 Å².